The van der Waals surface area contributed by atoms with Gasteiger partial charge < -0.3 is 9.64 Å². The number of ether oxygens (including phenoxy) is 1. The summed E-state index contributed by atoms with van der Waals surface area (Å²) in [6, 6.07) is 10.9. The van der Waals surface area contributed by atoms with E-state index in [4.69, 9.17) is 4.74 Å². The summed E-state index contributed by atoms with van der Waals surface area (Å²) >= 11 is 0. The third kappa shape index (κ3) is 4.51. The van der Waals surface area contributed by atoms with E-state index in [2.05, 4.69) is 0 Å². The van der Waals surface area contributed by atoms with Crippen LogP contribution < -0.4 is 9.04 Å². The van der Waals surface area contributed by atoms with Crippen molar-refractivity contribution in [3.05, 3.63) is 54.3 Å². The van der Waals surface area contributed by atoms with Gasteiger partial charge in [-0.2, -0.15) is 0 Å². The number of anilines is 1. The topological polar surface area (TPSA) is 66.9 Å². The molecule has 0 aliphatic rings. The maximum absolute atomic E-state index is 13.2. The molecule has 0 aliphatic heterocycles. The minimum Gasteiger partial charge on any atom is -0.494 e. The van der Waals surface area contributed by atoms with Crippen molar-refractivity contribution in [3.63, 3.8) is 0 Å². The van der Waals surface area contributed by atoms with Crippen LogP contribution in [-0.2, 0) is 14.8 Å². The first-order valence-electron chi connectivity index (χ1n) is 7.97. The Kier molecular flexibility index (Phi) is 6.20. The number of carbonyl (C=O) groups is 1. The summed E-state index contributed by atoms with van der Waals surface area (Å²) in [6.07, 6.45) is 0. The molecule has 0 saturated heterocycles. The van der Waals surface area contributed by atoms with Crippen LogP contribution in [0.2, 0.25) is 0 Å². The predicted octanol–water partition coefficient (Wildman–Crippen LogP) is 2.51. The number of benzene rings is 2. The summed E-state index contributed by atoms with van der Waals surface area (Å²) < 4.78 is 45.6. The number of sulfonamides is 1. The highest BCUT2D eigenvalue weighted by Gasteiger charge is 2.27. The Hall–Kier alpha value is -2.61. The van der Waals surface area contributed by atoms with Crippen LogP contribution in [0.5, 0.6) is 5.75 Å². The Morgan fingerprint density at radius 3 is 2.12 bits per heavy atom. The molecule has 1 amide bonds. The fraction of sp³-hybridized carbons (Fsp3) is 0.278. The second kappa shape index (κ2) is 8.18. The molecule has 0 N–H and O–H groups in total. The number of likely N-dealkylation sites (N-methyl/N-ethyl adjacent to an activating group) is 1. The van der Waals surface area contributed by atoms with Crippen molar-refractivity contribution < 1.29 is 22.3 Å². The van der Waals surface area contributed by atoms with Crippen LogP contribution in [0.15, 0.2) is 53.4 Å². The van der Waals surface area contributed by atoms with Gasteiger partial charge in [0.15, 0.2) is 0 Å². The van der Waals surface area contributed by atoms with Gasteiger partial charge in [-0.3, -0.25) is 9.10 Å². The Bertz CT molecular complexity index is 850. The molecule has 2 aromatic carbocycles. The van der Waals surface area contributed by atoms with Crippen LogP contribution in [0.25, 0.3) is 0 Å². The Balaban J connectivity index is 2.44. The summed E-state index contributed by atoms with van der Waals surface area (Å²) in [7, 11) is -0.947. The number of hydrogen-bond acceptors (Lipinski definition) is 4. The number of hydrogen-bond donors (Lipinski definition) is 0. The number of halogens is 1. The Labute approximate surface area is 152 Å². The second-order valence-corrected chi connectivity index (χ2v) is 7.54. The fourth-order valence-electron chi connectivity index (χ4n) is 2.19. The molecule has 2 rings (SSSR count). The van der Waals surface area contributed by atoms with Crippen LogP contribution in [0, 0.1) is 5.82 Å². The minimum absolute atomic E-state index is 0.0110. The summed E-state index contributed by atoms with van der Waals surface area (Å²) in [5.41, 5.74) is 0.204. The van der Waals surface area contributed by atoms with Gasteiger partial charge >= 0.3 is 0 Å². The van der Waals surface area contributed by atoms with Crippen LogP contribution in [0.1, 0.15) is 6.92 Å². The van der Waals surface area contributed by atoms with E-state index in [1.165, 1.54) is 43.3 Å². The van der Waals surface area contributed by atoms with E-state index in [-0.39, 0.29) is 10.6 Å². The minimum atomic E-state index is -4.02. The molecule has 0 atom stereocenters. The van der Waals surface area contributed by atoms with Crippen molar-refractivity contribution in [2.45, 2.75) is 11.8 Å². The molecule has 0 spiro atoms. The van der Waals surface area contributed by atoms with Crippen molar-refractivity contribution in [3.8, 4) is 5.75 Å². The van der Waals surface area contributed by atoms with Crippen molar-refractivity contribution in [2.75, 3.05) is 31.6 Å². The summed E-state index contributed by atoms with van der Waals surface area (Å²) in [5.74, 6) is -0.348. The van der Waals surface area contributed by atoms with E-state index in [9.17, 15) is 17.6 Å². The molecule has 0 bridgehead atoms. The first-order valence-corrected chi connectivity index (χ1v) is 9.41. The van der Waals surface area contributed by atoms with Gasteiger partial charge in [0.2, 0.25) is 5.91 Å². The second-order valence-electron chi connectivity index (χ2n) is 5.68. The van der Waals surface area contributed by atoms with Gasteiger partial charge in [0.25, 0.3) is 10.0 Å². The SMILES string of the molecule is CCOc1ccc(S(=O)(=O)N(CC(=O)N(C)C)c2ccc(F)cc2)cc1. The molecule has 26 heavy (non-hydrogen) atoms. The van der Waals surface area contributed by atoms with Gasteiger partial charge in [-0.05, 0) is 55.5 Å². The van der Waals surface area contributed by atoms with Crippen LogP contribution >= 0.6 is 0 Å². The van der Waals surface area contributed by atoms with Gasteiger partial charge in [0.05, 0.1) is 17.2 Å². The van der Waals surface area contributed by atoms with E-state index in [0.717, 1.165) is 16.4 Å². The van der Waals surface area contributed by atoms with Gasteiger partial charge in [-0.25, -0.2) is 12.8 Å². The van der Waals surface area contributed by atoms with Crippen LogP contribution in [-0.4, -0.2) is 46.5 Å². The highest BCUT2D eigenvalue weighted by Crippen LogP contribution is 2.25. The van der Waals surface area contributed by atoms with Crippen molar-refractivity contribution in [2.24, 2.45) is 0 Å². The van der Waals surface area contributed by atoms with E-state index < -0.39 is 28.3 Å². The van der Waals surface area contributed by atoms with Gasteiger partial charge in [0, 0.05) is 14.1 Å². The smallest absolute Gasteiger partial charge is 0.264 e. The average molecular weight is 380 g/mol. The van der Waals surface area contributed by atoms with E-state index in [1.807, 2.05) is 6.92 Å². The monoisotopic (exact) mass is 380 g/mol. The van der Waals surface area contributed by atoms with E-state index in [0.29, 0.717) is 12.4 Å². The lowest BCUT2D eigenvalue weighted by Gasteiger charge is -2.25. The zero-order valence-electron chi connectivity index (χ0n) is 14.8. The molecule has 8 heteroatoms. The molecule has 0 radical (unpaired) electrons. The summed E-state index contributed by atoms with van der Waals surface area (Å²) in [6.45, 7) is 1.90. The van der Waals surface area contributed by atoms with Gasteiger partial charge in [0.1, 0.15) is 18.1 Å². The first-order chi connectivity index (χ1) is 12.3. The Morgan fingerprint density at radius 2 is 1.62 bits per heavy atom. The molecule has 0 saturated carbocycles. The zero-order chi connectivity index (χ0) is 19.3. The van der Waals surface area contributed by atoms with Crippen molar-refractivity contribution >= 4 is 21.6 Å². The van der Waals surface area contributed by atoms with Crippen LogP contribution in [0.3, 0.4) is 0 Å². The molecule has 0 aliphatic carbocycles. The lowest BCUT2D eigenvalue weighted by Crippen LogP contribution is -2.40. The third-order valence-electron chi connectivity index (χ3n) is 3.62. The highest BCUT2D eigenvalue weighted by molar-refractivity contribution is 7.92. The van der Waals surface area contributed by atoms with E-state index in [1.54, 1.807) is 12.1 Å². The average Bonchev–Trinajstić information content (AvgIpc) is 2.61. The lowest BCUT2D eigenvalue weighted by molar-refractivity contribution is -0.127. The number of carbonyl (C=O) groups excluding carboxylic acids is 1. The molecule has 0 heterocycles. The lowest BCUT2D eigenvalue weighted by atomic mass is 10.3. The van der Waals surface area contributed by atoms with Gasteiger partial charge in [-0.15, -0.1) is 0 Å². The zero-order valence-corrected chi connectivity index (χ0v) is 15.7. The summed E-state index contributed by atoms with van der Waals surface area (Å²) in [4.78, 5) is 13.4. The highest BCUT2D eigenvalue weighted by atomic mass is 32.2. The van der Waals surface area contributed by atoms with Crippen LogP contribution in [0.4, 0.5) is 10.1 Å². The maximum Gasteiger partial charge on any atom is 0.264 e. The molecule has 0 fully saturated rings. The normalized spacial score (nSPS) is 11.1. The maximum atomic E-state index is 13.2. The largest absolute Gasteiger partial charge is 0.494 e. The first kappa shape index (κ1) is 19.7. The van der Waals surface area contributed by atoms with Crippen molar-refractivity contribution in [1.82, 2.24) is 4.90 Å². The van der Waals surface area contributed by atoms with Crippen molar-refractivity contribution in [1.29, 1.82) is 0 Å². The molecule has 140 valence electrons. The fourth-order valence-corrected chi connectivity index (χ4v) is 3.60. The molecule has 0 unspecified atom stereocenters. The number of rotatable bonds is 7. The third-order valence-corrected chi connectivity index (χ3v) is 5.40. The molecular weight excluding hydrogens is 359 g/mol. The molecular formula is C18H21FN2O4S. The number of nitrogens with zero attached hydrogens (tertiary/aromatic N) is 2. The Morgan fingerprint density at radius 1 is 1.04 bits per heavy atom. The predicted molar refractivity (Wildman–Crippen MR) is 97.2 cm³/mol. The molecule has 0 aromatic heterocycles. The summed E-state index contributed by atoms with van der Waals surface area (Å²) in [5, 5.41) is 0. The standard InChI is InChI=1S/C18H21FN2O4S/c1-4-25-16-9-11-17(12-10-16)26(23,24)21(13-18(22)20(2)3)15-7-5-14(19)6-8-15/h5-12H,4,13H2,1-3H3. The van der Waals surface area contributed by atoms with Gasteiger partial charge in [-0.1, -0.05) is 0 Å². The number of amides is 1. The van der Waals surface area contributed by atoms with E-state index >= 15 is 0 Å². The quantitative estimate of drug-likeness (QED) is 0.740. The molecule has 6 nitrogen and oxygen atoms in total. The molecule has 2 aromatic rings.